The number of hydrogen-bond donors (Lipinski definition) is 1. The van der Waals surface area contributed by atoms with Crippen LogP contribution in [0.25, 0.3) is 0 Å². The van der Waals surface area contributed by atoms with Crippen LogP contribution in [0.2, 0.25) is 0 Å². The minimum absolute atomic E-state index is 0.680. The maximum absolute atomic E-state index is 3.65. The molecule has 0 aliphatic heterocycles. The van der Waals surface area contributed by atoms with Crippen LogP contribution in [0.15, 0.2) is 24.3 Å². The summed E-state index contributed by atoms with van der Waals surface area (Å²) in [4.78, 5) is 2.38. The summed E-state index contributed by atoms with van der Waals surface area (Å²) >= 11 is 0. The summed E-state index contributed by atoms with van der Waals surface area (Å²) in [5.41, 5.74) is 2.59. The first-order chi connectivity index (χ1) is 8.72. The Bertz CT molecular complexity index is 354. The zero-order valence-electron chi connectivity index (χ0n) is 11.9. The molecule has 0 heterocycles. The van der Waals surface area contributed by atoms with E-state index in [1.54, 1.807) is 0 Å². The van der Waals surface area contributed by atoms with Crippen LogP contribution in [0, 0.1) is 5.92 Å². The lowest BCUT2D eigenvalue weighted by Crippen LogP contribution is -2.21. The van der Waals surface area contributed by atoms with E-state index in [4.69, 9.17) is 0 Å². The third kappa shape index (κ3) is 3.18. The van der Waals surface area contributed by atoms with Gasteiger partial charge in [-0.1, -0.05) is 6.92 Å². The molecular formula is C16H26N2. The van der Waals surface area contributed by atoms with Crippen LogP contribution in [0.3, 0.4) is 0 Å². The van der Waals surface area contributed by atoms with Crippen molar-refractivity contribution in [3.63, 3.8) is 0 Å². The largest absolute Gasteiger partial charge is 0.382 e. The van der Waals surface area contributed by atoms with Crippen molar-refractivity contribution in [2.24, 2.45) is 5.92 Å². The molecule has 0 bridgehead atoms. The second-order valence-electron chi connectivity index (χ2n) is 5.48. The Morgan fingerprint density at radius 2 is 1.78 bits per heavy atom. The number of rotatable bonds is 5. The number of anilines is 2. The highest BCUT2D eigenvalue weighted by atomic mass is 15.1. The molecule has 0 saturated heterocycles. The molecule has 2 nitrogen and oxygen atoms in total. The van der Waals surface area contributed by atoms with Gasteiger partial charge in [0.2, 0.25) is 0 Å². The van der Waals surface area contributed by atoms with E-state index in [0.717, 1.165) is 19.0 Å². The molecule has 2 heteroatoms. The molecule has 2 unspecified atom stereocenters. The summed E-state index contributed by atoms with van der Waals surface area (Å²) in [6, 6.07) is 9.58. The molecule has 0 spiro atoms. The Labute approximate surface area is 111 Å². The van der Waals surface area contributed by atoms with Crippen LogP contribution in [0.1, 0.15) is 40.0 Å². The molecule has 1 saturated carbocycles. The molecule has 1 aromatic rings. The molecule has 1 aliphatic carbocycles. The van der Waals surface area contributed by atoms with Crippen LogP contribution in [-0.2, 0) is 0 Å². The Balaban J connectivity index is 1.95. The van der Waals surface area contributed by atoms with E-state index >= 15 is 0 Å². The molecule has 0 aromatic heterocycles. The van der Waals surface area contributed by atoms with Crippen molar-refractivity contribution in [3.05, 3.63) is 24.3 Å². The lowest BCUT2D eigenvalue weighted by molar-refractivity contribution is 0.602. The van der Waals surface area contributed by atoms with Gasteiger partial charge in [-0.05, 0) is 63.3 Å². The Morgan fingerprint density at radius 3 is 2.28 bits per heavy atom. The van der Waals surface area contributed by atoms with Gasteiger partial charge >= 0.3 is 0 Å². The second-order valence-corrected chi connectivity index (χ2v) is 5.48. The van der Waals surface area contributed by atoms with Gasteiger partial charge in [0, 0.05) is 30.5 Å². The highest BCUT2D eigenvalue weighted by Crippen LogP contribution is 2.28. The number of nitrogens with zero attached hydrogens (tertiary/aromatic N) is 1. The van der Waals surface area contributed by atoms with E-state index in [1.165, 1.54) is 30.6 Å². The molecule has 1 aromatic carbocycles. The van der Waals surface area contributed by atoms with E-state index in [9.17, 15) is 0 Å². The Morgan fingerprint density at radius 1 is 1.11 bits per heavy atom. The summed E-state index contributed by atoms with van der Waals surface area (Å²) < 4.78 is 0. The first kappa shape index (κ1) is 13.3. The van der Waals surface area contributed by atoms with Crippen molar-refractivity contribution < 1.29 is 0 Å². The molecule has 100 valence electrons. The van der Waals surface area contributed by atoms with Crippen molar-refractivity contribution in [2.45, 2.75) is 46.1 Å². The molecule has 1 aliphatic rings. The maximum atomic E-state index is 3.65. The predicted octanol–water partition coefficient (Wildman–Crippen LogP) is 4.13. The zero-order valence-corrected chi connectivity index (χ0v) is 11.9. The lowest BCUT2D eigenvalue weighted by Gasteiger charge is -2.22. The van der Waals surface area contributed by atoms with Gasteiger partial charge in [-0.25, -0.2) is 0 Å². The van der Waals surface area contributed by atoms with Crippen molar-refractivity contribution in [2.75, 3.05) is 23.3 Å². The lowest BCUT2D eigenvalue weighted by atomic mass is 10.1. The SMILES string of the molecule is CCN(CC)c1ccc(NC2CCC(C)C2)cc1. The maximum Gasteiger partial charge on any atom is 0.0367 e. The summed E-state index contributed by atoms with van der Waals surface area (Å²) in [7, 11) is 0. The number of hydrogen-bond acceptors (Lipinski definition) is 2. The minimum Gasteiger partial charge on any atom is -0.382 e. The third-order valence-corrected chi connectivity index (χ3v) is 4.06. The van der Waals surface area contributed by atoms with Crippen molar-refractivity contribution in [3.8, 4) is 0 Å². The third-order valence-electron chi connectivity index (χ3n) is 4.06. The molecular weight excluding hydrogens is 220 g/mol. The van der Waals surface area contributed by atoms with Crippen molar-refractivity contribution in [1.82, 2.24) is 0 Å². The van der Waals surface area contributed by atoms with E-state index in [1.807, 2.05) is 0 Å². The van der Waals surface area contributed by atoms with E-state index in [-0.39, 0.29) is 0 Å². The standard InChI is InChI=1S/C16H26N2/c1-4-18(5-2)16-10-8-14(9-11-16)17-15-7-6-13(3)12-15/h8-11,13,15,17H,4-7,12H2,1-3H3. The van der Waals surface area contributed by atoms with Crippen molar-refractivity contribution >= 4 is 11.4 Å². The molecule has 2 atom stereocenters. The smallest absolute Gasteiger partial charge is 0.0367 e. The quantitative estimate of drug-likeness (QED) is 0.840. The average molecular weight is 246 g/mol. The normalized spacial score (nSPS) is 23.1. The van der Waals surface area contributed by atoms with Gasteiger partial charge in [0.25, 0.3) is 0 Å². The van der Waals surface area contributed by atoms with Gasteiger partial charge in [-0.3, -0.25) is 0 Å². The van der Waals surface area contributed by atoms with E-state index in [2.05, 4.69) is 55.3 Å². The minimum atomic E-state index is 0.680. The molecule has 18 heavy (non-hydrogen) atoms. The molecule has 0 amide bonds. The fourth-order valence-electron chi connectivity index (χ4n) is 2.93. The van der Waals surface area contributed by atoms with Crippen LogP contribution in [0.4, 0.5) is 11.4 Å². The number of nitrogens with one attached hydrogen (secondary N) is 1. The monoisotopic (exact) mass is 246 g/mol. The Hall–Kier alpha value is -1.18. The first-order valence-corrected chi connectivity index (χ1v) is 7.34. The number of benzene rings is 1. The fourth-order valence-corrected chi connectivity index (χ4v) is 2.93. The van der Waals surface area contributed by atoms with Gasteiger partial charge in [0.1, 0.15) is 0 Å². The van der Waals surface area contributed by atoms with Crippen LogP contribution in [-0.4, -0.2) is 19.1 Å². The molecule has 2 rings (SSSR count). The highest BCUT2D eigenvalue weighted by Gasteiger charge is 2.20. The second kappa shape index (κ2) is 6.12. The topological polar surface area (TPSA) is 15.3 Å². The van der Waals surface area contributed by atoms with Gasteiger partial charge in [-0.2, -0.15) is 0 Å². The zero-order chi connectivity index (χ0) is 13.0. The summed E-state index contributed by atoms with van der Waals surface area (Å²) in [5.74, 6) is 0.887. The predicted molar refractivity (Wildman–Crippen MR) is 80.4 cm³/mol. The van der Waals surface area contributed by atoms with Crippen molar-refractivity contribution in [1.29, 1.82) is 0 Å². The average Bonchev–Trinajstić information content (AvgIpc) is 2.78. The van der Waals surface area contributed by atoms with Crippen LogP contribution < -0.4 is 10.2 Å². The summed E-state index contributed by atoms with van der Waals surface area (Å²) in [6.45, 7) is 8.91. The molecule has 1 N–H and O–H groups in total. The van der Waals surface area contributed by atoms with E-state index in [0.29, 0.717) is 6.04 Å². The molecule has 1 fully saturated rings. The first-order valence-electron chi connectivity index (χ1n) is 7.34. The summed E-state index contributed by atoms with van der Waals surface area (Å²) in [6.07, 6.45) is 4.01. The van der Waals surface area contributed by atoms with Crippen LogP contribution in [0.5, 0.6) is 0 Å². The Kier molecular flexibility index (Phi) is 4.51. The summed E-state index contributed by atoms with van der Waals surface area (Å²) in [5, 5.41) is 3.65. The van der Waals surface area contributed by atoms with Gasteiger partial charge in [0.05, 0.1) is 0 Å². The molecule has 0 radical (unpaired) electrons. The van der Waals surface area contributed by atoms with E-state index < -0.39 is 0 Å². The fraction of sp³-hybridized carbons (Fsp3) is 0.625. The van der Waals surface area contributed by atoms with Gasteiger partial charge < -0.3 is 10.2 Å². The highest BCUT2D eigenvalue weighted by molar-refractivity contribution is 5.55. The van der Waals surface area contributed by atoms with Crippen LogP contribution >= 0.6 is 0 Å². The van der Waals surface area contributed by atoms with Gasteiger partial charge in [-0.15, -0.1) is 0 Å². The van der Waals surface area contributed by atoms with Gasteiger partial charge in [0.15, 0.2) is 0 Å².